The number of hydrogen-bond donors (Lipinski definition) is 1. The van der Waals surface area contributed by atoms with E-state index in [1.54, 1.807) is 6.08 Å². The summed E-state index contributed by atoms with van der Waals surface area (Å²) in [7, 11) is 1.33. The first kappa shape index (κ1) is 13.8. The highest BCUT2D eigenvalue weighted by molar-refractivity contribution is 5.49. The van der Waals surface area contributed by atoms with Crippen LogP contribution in [0.1, 0.15) is 11.1 Å². The monoisotopic (exact) mass is 269 g/mol. The maximum atomic E-state index is 10.9. The molecule has 4 nitrogen and oxygen atoms in total. The summed E-state index contributed by atoms with van der Waals surface area (Å²) in [5.74, 6) is 0. The topological polar surface area (TPSA) is 41.3 Å². The van der Waals surface area contributed by atoms with Gasteiger partial charge in [0.1, 0.15) is 0 Å². The van der Waals surface area contributed by atoms with Gasteiger partial charge in [-0.15, -0.1) is 0 Å². The molecular weight excluding hydrogens is 252 g/mol. The van der Waals surface area contributed by atoms with Crippen LogP contribution in [0.25, 0.3) is 6.08 Å². The second-order valence-corrected chi connectivity index (χ2v) is 4.24. The second kappa shape index (κ2) is 7.09. The lowest BCUT2D eigenvalue weighted by atomic mass is 10.1. The van der Waals surface area contributed by atoms with Crippen LogP contribution in [0.2, 0.25) is 0 Å². The number of nitrogens with one attached hydrogen (secondary N) is 1. The Morgan fingerprint density at radius 2 is 1.80 bits per heavy atom. The summed E-state index contributed by atoms with van der Waals surface area (Å²) in [6.07, 6.45) is 3.03. The lowest BCUT2D eigenvalue weighted by molar-refractivity contribution is -0.747. The number of nitrogens with zero attached hydrogens (tertiary/aromatic N) is 1. The first-order chi connectivity index (χ1) is 9.78. The van der Waals surface area contributed by atoms with Crippen LogP contribution in [0.5, 0.6) is 0 Å². The summed E-state index contributed by atoms with van der Waals surface area (Å²) >= 11 is 0. The SMILES string of the molecule is CO[N+](=O)/C=C/c1ccc(CNc2ccccc2)cc1. The molecule has 0 amide bonds. The van der Waals surface area contributed by atoms with Crippen molar-refractivity contribution in [1.82, 2.24) is 0 Å². The smallest absolute Gasteiger partial charge is 0.282 e. The van der Waals surface area contributed by atoms with Gasteiger partial charge in [0, 0.05) is 18.3 Å². The predicted octanol–water partition coefficient (Wildman–Crippen LogP) is 3.61. The van der Waals surface area contributed by atoms with Gasteiger partial charge in [-0.1, -0.05) is 42.5 Å². The van der Waals surface area contributed by atoms with Crippen molar-refractivity contribution in [2.45, 2.75) is 6.54 Å². The number of para-hydroxylation sites is 1. The Morgan fingerprint density at radius 1 is 1.10 bits per heavy atom. The highest BCUT2D eigenvalue weighted by Gasteiger charge is 1.99. The van der Waals surface area contributed by atoms with Crippen molar-refractivity contribution in [2.75, 3.05) is 12.4 Å². The second-order valence-electron chi connectivity index (χ2n) is 4.24. The first-order valence-electron chi connectivity index (χ1n) is 6.34. The average molecular weight is 269 g/mol. The zero-order chi connectivity index (χ0) is 14.2. The predicted molar refractivity (Wildman–Crippen MR) is 79.9 cm³/mol. The van der Waals surface area contributed by atoms with E-state index in [1.165, 1.54) is 18.9 Å². The van der Waals surface area contributed by atoms with Crippen molar-refractivity contribution in [1.29, 1.82) is 0 Å². The van der Waals surface area contributed by atoms with Gasteiger partial charge in [-0.3, -0.25) is 0 Å². The van der Waals surface area contributed by atoms with Crippen molar-refractivity contribution >= 4 is 11.8 Å². The van der Waals surface area contributed by atoms with Gasteiger partial charge in [0.2, 0.25) is 0 Å². The molecule has 20 heavy (non-hydrogen) atoms. The maximum absolute atomic E-state index is 10.9. The van der Waals surface area contributed by atoms with Crippen LogP contribution in [0.3, 0.4) is 0 Å². The molecule has 0 aliphatic heterocycles. The van der Waals surface area contributed by atoms with Crippen molar-refractivity contribution in [3.63, 3.8) is 0 Å². The summed E-state index contributed by atoms with van der Waals surface area (Å²) in [6, 6.07) is 18.0. The Balaban J connectivity index is 1.91. The van der Waals surface area contributed by atoms with E-state index in [4.69, 9.17) is 0 Å². The van der Waals surface area contributed by atoms with Gasteiger partial charge in [-0.2, -0.15) is 0 Å². The Bertz CT molecular complexity index is 577. The van der Waals surface area contributed by atoms with E-state index in [9.17, 15) is 4.91 Å². The van der Waals surface area contributed by atoms with E-state index in [0.717, 1.165) is 17.8 Å². The van der Waals surface area contributed by atoms with Crippen LogP contribution < -0.4 is 5.32 Å². The lowest BCUT2D eigenvalue weighted by Crippen LogP contribution is -1.98. The molecule has 0 bridgehead atoms. The first-order valence-corrected chi connectivity index (χ1v) is 6.34. The van der Waals surface area contributed by atoms with Gasteiger partial charge in [0.05, 0.1) is 4.91 Å². The van der Waals surface area contributed by atoms with Crippen LogP contribution in [0.4, 0.5) is 5.69 Å². The molecule has 0 saturated heterocycles. The third-order valence-electron chi connectivity index (χ3n) is 2.82. The number of hydrogen-bond acceptors (Lipinski definition) is 3. The molecule has 2 aromatic rings. The number of benzene rings is 2. The lowest BCUT2D eigenvalue weighted by Gasteiger charge is -2.06. The molecule has 0 saturated carbocycles. The van der Waals surface area contributed by atoms with E-state index in [2.05, 4.69) is 10.2 Å². The molecule has 0 aliphatic carbocycles. The molecule has 0 unspecified atom stereocenters. The van der Waals surface area contributed by atoms with Gasteiger partial charge in [-0.25, -0.2) is 4.84 Å². The van der Waals surface area contributed by atoms with E-state index >= 15 is 0 Å². The molecule has 0 spiro atoms. The largest absolute Gasteiger partial charge is 0.381 e. The molecule has 2 aromatic carbocycles. The van der Waals surface area contributed by atoms with Gasteiger partial charge in [-0.05, 0) is 23.3 Å². The molecule has 0 radical (unpaired) electrons. The van der Waals surface area contributed by atoms with Crippen molar-refractivity contribution < 1.29 is 9.76 Å². The van der Waals surface area contributed by atoms with Gasteiger partial charge >= 0.3 is 0 Å². The van der Waals surface area contributed by atoms with Crippen molar-refractivity contribution in [3.8, 4) is 0 Å². The van der Waals surface area contributed by atoms with Crippen LogP contribution in [-0.4, -0.2) is 12.0 Å². The van der Waals surface area contributed by atoms with E-state index in [1.807, 2.05) is 54.6 Å². The zero-order valence-electron chi connectivity index (χ0n) is 11.3. The molecule has 4 heteroatoms. The minimum Gasteiger partial charge on any atom is -0.381 e. The van der Waals surface area contributed by atoms with Crippen LogP contribution in [0, 0.1) is 4.91 Å². The van der Waals surface area contributed by atoms with Crippen molar-refractivity contribution in [3.05, 3.63) is 76.8 Å². The molecule has 0 aromatic heterocycles. The summed E-state index contributed by atoms with van der Waals surface area (Å²) in [4.78, 5) is 15.8. The van der Waals surface area contributed by atoms with E-state index in [0.29, 0.717) is 4.92 Å². The zero-order valence-corrected chi connectivity index (χ0v) is 11.3. The van der Waals surface area contributed by atoms with Crippen LogP contribution >= 0.6 is 0 Å². The van der Waals surface area contributed by atoms with E-state index < -0.39 is 0 Å². The Labute approximate surface area is 118 Å². The standard InChI is InChI=1S/C16H17N2O2/c1-20-18(19)12-11-14-7-9-15(10-8-14)13-17-16-5-3-2-4-6-16/h2-12,17H,13H2,1H3/q+1/b12-11+. The van der Waals surface area contributed by atoms with Gasteiger partial charge < -0.3 is 5.32 Å². The van der Waals surface area contributed by atoms with Gasteiger partial charge in [0.15, 0.2) is 7.11 Å². The Morgan fingerprint density at radius 3 is 2.45 bits per heavy atom. The Hall–Kier alpha value is -2.62. The Kier molecular flexibility index (Phi) is 4.89. The third kappa shape index (κ3) is 4.24. The fourth-order valence-electron chi connectivity index (χ4n) is 1.71. The molecular formula is C16H17N2O2+. The molecule has 0 fully saturated rings. The average Bonchev–Trinajstić information content (AvgIpc) is 2.52. The summed E-state index contributed by atoms with van der Waals surface area (Å²) in [6.45, 7) is 0.764. The minimum absolute atomic E-state index is 0.408. The third-order valence-corrected chi connectivity index (χ3v) is 2.82. The highest BCUT2D eigenvalue weighted by Crippen LogP contribution is 2.10. The summed E-state index contributed by atoms with van der Waals surface area (Å²) < 4.78 is 0. The molecule has 1 N–H and O–H groups in total. The molecule has 0 aliphatic rings. The number of anilines is 1. The molecule has 0 heterocycles. The quantitative estimate of drug-likeness (QED) is 0.814. The fourth-order valence-corrected chi connectivity index (χ4v) is 1.71. The molecule has 2 rings (SSSR count). The van der Waals surface area contributed by atoms with E-state index in [-0.39, 0.29) is 0 Å². The highest BCUT2D eigenvalue weighted by atomic mass is 16.7. The number of rotatable bonds is 6. The van der Waals surface area contributed by atoms with Crippen LogP contribution in [0.15, 0.2) is 60.8 Å². The maximum Gasteiger partial charge on any atom is 0.282 e. The summed E-state index contributed by atoms with van der Waals surface area (Å²) in [5.41, 5.74) is 3.22. The fraction of sp³-hybridized carbons (Fsp3) is 0.125. The molecule has 0 atom stereocenters. The molecule has 102 valence electrons. The van der Waals surface area contributed by atoms with Gasteiger partial charge in [0.25, 0.3) is 11.1 Å². The summed E-state index contributed by atoms with van der Waals surface area (Å²) in [5, 5.41) is 3.34. The minimum atomic E-state index is 0.408. The van der Waals surface area contributed by atoms with Crippen LogP contribution in [-0.2, 0) is 11.4 Å². The normalized spacial score (nSPS) is 10.4. The van der Waals surface area contributed by atoms with Crippen molar-refractivity contribution in [2.24, 2.45) is 0 Å².